The summed E-state index contributed by atoms with van der Waals surface area (Å²) in [4.78, 5) is 40.4. The average Bonchev–Trinajstić information content (AvgIpc) is 3.23. The molecule has 0 aromatic heterocycles. The first-order valence-corrected chi connectivity index (χ1v) is 11.4. The van der Waals surface area contributed by atoms with Crippen LogP contribution in [0.4, 0.5) is 20.6 Å². The third-order valence-corrected chi connectivity index (χ3v) is 6.06. The highest BCUT2D eigenvalue weighted by Crippen LogP contribution is 2.29. The molecule has 2 aliphatic rings. The van der Waals surface area contributed by atoms with Crippen LogP contribution in [-0.4, -0.2) is 75.4 Å². The molecule has 1 amide bonds. The van der Waals surface area contributed by atoms with Crippen LogP contribution < -0.4 is 9.80 Å². The van der Waals surface area contributed by atoms with Gasteiger partial charge in [-0.1, -0.05) is 0 Å². The zero-order valence-corrected chi connectivity index (χ0v) is 19.4. The number of amides is 1. The summed E-state index contributed by atoms with van der Waals surface area (Å²) in [5, 5.41) is 9.91. The van der Waals surface area contributed by atoms with Crippen LogP contribution in [0.3, 0.4) is 0 Å². The quantitative estimate of drug-likeness (QED) is 0.539. The number of anilines is 2. The summed E-state index contributed by atoms with van der Waals surface area (Å²) in [6, 6.07) is 8.71. The monoisotopic (exact) mass is 486 g/mol. The number of benzene rings is 2. The number of carbonyl (C=O) groups is 3. The number of methoxy groups -OCH3 is 1. The Morgan fingerprint density at radius 2 is 1.91 bits per heavy atom. The molecular formula is C25H27FN2O7. The van der Waals surface area contributed by atoms with Gasteiger partial charge in [0.2, 0.25) is 0 Å². The van der Waals surface area contributed by atoms with Crippen molar-refractivity contribution in [3.8, 4) is 5.75 Å². The molecule has 2 saturated heterocycles. The topological polar surface area (TPSA) is 106 Å². The Hall–Kier alpha value is -3.50. The predicted molar refractivity (Wildman–Crippen MR) is 125 cm³/mol. The molecule has 0 unspecified atom stereocenters. The average molecular weight is 486 g/mol. The van der Waals surface area contributed by atoms with Gasteiger partial charge in [-0.15, -0.1) is 0 Å². The number of phenols is 1. The summed E-state index contributed by atoms with van der Waals surface area (Å²) in [6.45, 7) is 2.25. The van der Waals surface area contributed by atoms with Gasteiger partial charge in [0.15, 0.2) is 11.6 Å². The molecule has 2 aromatic carbocycles. The maximum atomic E-state index is 14.8. The van der Waals surface area contributed by atoms with E-state index in [9.17, 15) is 23.9 Å². The molecule has 0 bridgehead atoms. The normalized spacial score (nSPS) is 18.0. The number of phenolic OH excluding ortho intramolecular Hbond substituents is 1. The van der Waals surface area contributed by atoms with Crippen molar-refractivity contribution in [2.45, 2.75) is 18.9 Å². The lowest BCUT2D eigenvalue weighted by molar-refractivity contribution is 0.0845. The molecule has 9 nitrogen and oxygen atoms in total. The van der Waals surface area contributed by atoms with E-state index < -0.39 is 23.8 Å². The fourth-order valence-electron chi connectivity index (χ4n) is 4.19. The first-order chi connectivity index (χ1) is 16.9. The third-order valence-electron chi connectivity index (χ3n) is 6.06. The van der Waals surface area contributed by atoms with Crippen LogP contribution in [0.15, 0.2) is 36.4 Å². The molecule has 1 N–H and O–H groups in total. The maximum Gasteiger partial charge on any atom is 0.414 e. The molecule has 2 fully saturated rings. The van der Waals surface area contributed by atoms with E-state index in [2.05, 4.69) is 0 Å². The summed E-state index contributed by atoms with van der Waals surface area (Å²) in [7, 11) is 1.36. The molecule has 4 rings (SSSR count). The number of hydrogen-bond donors (Lipinski definition) is 1. The van der Waals surface area contributed by atoms with Crippen LogP contribution in [-0.2, 0) is 14.2 Å². The van der Waals surface area contributed by atoms with E-state index in [0.29, 0.717) is 37.7 Å². The fourth-order valence-corrected chi connectivity index (χ4v) is 4.19. The molecule has 1 atom stereocenters. The number of halogens is 1. The summed E-state index contributed by atoms with van der Waals surface area (Å²) < 4.78 is 30.3. The van der Waals surface area contributed by atoms with E-state index in [1.54, 1.807) is 12.1 Å². The lowest BCUT2D eigenvalue weighted by atomic mass is 10.00. The Labute approximate surface area is 202 Å². The van der Waals surface area contributed by atoms with Gasteiger partial charge in [-0.3, -0.25) is 14.5 Å². The smallest absolute Gasteiger partial charge is 0.414 e. The van der Waals surface area contributed by atoms with E-state index in [1.165, 1.54) is 36.3 Å². The highest BCUT2D eigenvalue weighted by Gasteiger charge is 2.33. The number of morpholine rings is 1. The number of ketones is 2. The molecule has 0 spiro atoms. The zero-order valence-electron chi connectivity index (χ0n) is 19.4. The summed E-state index contributed by atoms with van der Waals surface area (Å²) in [5.41, 5.74) is 1.13. The van der Waals surface area contributed by atoms with E-state index >= 15 is 0 Å². The first kappa shape index (κ1) is 24.6. The van der Waals surface area contributed by atoms with Gasteiger partial charge in [-0.2, -0.15) is 0 Å². The Morgan fingerprint density at radius 3 is 2.63 bits per heavy atom. The minimum atomic E-state index is -0.599. The number of ether oxygens (including phenoxy) is 3. The van der Waals surface area contributed by atoms with Gasteiger partial charge in [0.1, 0.15) is 24.3 Å². The molecule has 0 aliphatic carbocycles. The Bertz CT molecular complexity index is 1120. The number of rotatable bonds is 9. The second kappa shape index (κ2) is 10.8. The zero-order chi connectivity index (χ0) is 24.9. The maximum absolute atomic E-state index is 14.8. The number of aromatic hydroxyl groups is 1. The molecule has 10 heteroatoms. The number of carbonyl (C=O) groups excluding carboxylic acids is 3. The van der Waals surface area contributed by atoms with Crippen LogP contribution >= 0.6 is 0 Å². The second-order valence-electron chi connectivity index (χ2n) is 8.40. The van der Waals surface area contributed by atoms with Gasteiger partial charge in [0.05, 0.1) is 36.7 Å². The van der Waals surface area contributed by atoms with Crippen molar-refractivity contribution in [1.82, 2.24) is 0 Å². The Kier molecular flexibility index (Phi) is 7.62. The van der Waals surface area contributed by atoms with Gasteiger partial charge in [-0.25, -0.2) is 9.18 Å². The van der Waals surface area contributed by atoms with Crippen molar-refractivity contribution >= 4 is 29.0 Å². The number of hydrogen-bond acceptors (Lipinski definition) is 8. The van der Waals surface area contributed by atoms with Gasteiger partial charge in [0.25, 0.3) is 0 Å². The predicted octanol–water partition coefficient (Wildman–Crippen LogP) is 3.19. The van der Waals surface area contributed by atoms with Gasteiger partial charge in [-0.05, 0) is 42.8 Å². The van der Waals surface area contributed by atoms with Crippen molar-refractivity contribution < 1.29 is 38.1 Å². The molecule has 186 valence electrons. The number of Topliss-reactive ketones (excluding diaryl/α,β-unsaturated/α-hetero) is 2. The van der Waals surface area contributed by atoms with Crippen molar-refractivity contribution in [2.24, 2.45) is 0 Å². The lowest BCUT2D eigenvalue weighted by Gasteiger charge is -2.29. The molecule has 35 heavy (non-hydrogen) atoms. The largest absolute Gasteiger partial charge is 0.507 e. The molecule has 2 heterocycles. The van der Waals surface area contributed by atoms with E-state index in [-0.39, 0.29) is 48.7 Å². The lowest BCUT2D eigenvalue weighted by Crippen LogP contribution is -2.36. The van der Waals surface area contributed by atoms with E-state index in [4.69, 9.17) is 14.2 Å². The van der Waals surface area contributed by atoms with Gasteiger partial charge in [0, 0.05) is 32.2 Å². The number of nitrogens with zero attached hydrogens (tertiary/aromatic N) is 2. The summed E-state index contributed by atoms with van der Waals surface area (Å²) >= 11 is 0. The molecule has 2 aromatic rings. The van der Waals surface area contributed by atoms with Crippen LogP contribution in [0, 0.1) is 5.82 Å². The van der Waals surface area contributed by atoms with E-state index in [1.807, 2.05) is 4.90 Å². The van der Waals surface area contributed by atoms with Crippen molar-refractivity contribution in [2.75, 3.05) is 56.4 Å². The summed E-state index contributed by atoms with van der Waals surface area (Å²) in [5.74, 6) is -1.35. The fraction of sp³-hybridized carbons (Fsp3) is 0.400. The van der Waals surface area contributed by atoms with Crippen LogP contribution in [0.1, 0.15) is 33.6 Å². The highest BCUT2D eigenvalue weighted by molar-refractivity contribution is 6.03. The Morgan fingerprint density at radius 1 is 1.14 bits per heavy atom. The van der Waals surface area contributed by atoms with Gasteiger partial charge < -0.3 is 24.2 Å². The second-order valence-corrected chi connectivity index (χ2v) is 8.40. The minimum absolute atomic E-state index is 0.0127. The van der Waals surface area contributed by atoms with Gasteiger partial charge >= 0.3 is 6.09 Å². The van der Waals surface area contributed by atoms with Crippen molar-refractivity contribution in [3.05, 3.63) is 53.3 Å². The van der Waals surface area contributed by atoms with E-state index in [0.717, 1.165) is 0 Å². The SMILES string of the molecule is COCC(=O)c1cc(C(=O)CC[C@H]2CN(c3ccc(N4CCOCC4)c(F)c3)C(=O)O2)ccc1O. The Balaban J connectivity index is 1.36. The van der Waals surface area contributed by atoms with Crippen LogP contribution in [0.5, 0.6) is 5.75 Å². The highest BCUT2D eigenvalue weighted by atomic mass is 19.1. The van der Waals surface area contributed by atoms with Crippen molar-refractivity contribution in [3.63, 3.8) is 0 Å². The molecular weight excluding hydrogens is 459 g/mol. The standard InChI is InChI=1S/C25H27FN2O7/c1-33-15-24(31)19-12-16(2-6-23(19)30)22(29)7-4-18-14-28(25(32)35-18)17-3-5-21(20(26)13-17)27-8-10-34-11-9-27/h2-3,5-6,12-13,18,30H,4,7-11,14-15H2,1H3/t18-/m0/s1. The first-order valence-electron chi connectivity index (χ1n) is 11.4. The summed E-state index contributed by atoms with van der Waals surface area (Å²) in [6.07, 6.45) is -0.811. The molecule has 2 aliphatic heterocycles. The van der Waals surface area contributed by atoms with Crippen LogP contribution in [0.25, 0.3) is 0 Å². The molecule has 0 saturated carbocycles. The number of cyclic esters (lactones) is 1. The third kappa shape index (κ3) is 5.60. The van der Waals surface area contributed by atoms with Crippen LogP contribution in [0.2, 0.25) is 0 Å². The minimum Gasteiger partial charge on any atom is -0.507 e. The van der Waals surface area contributed by atoms with Crippen molar-refractivity contribution in [1.29, 1.82) is 0 Å². The molecule has 0 radical (unpaired) electrons.